The van der Waals surface area contributed by atoms with E-state index in [1.54, 1.807) is 12.5 Å². The van der Waals surface area contributed by atoms with E-state index in [0.717, 1.165) is 41.2 Å². The first-order chi connectivity index (χ1) is 8.71. The Morgan fingerprint density at radius 1 is 1.06 bits per heavy atom. The van der Waals surface area contributed by atoms with Crippen LogP contribution in [0.15, 0.2) is 33.5 Å². The summed E-state index contributed by atoms with van der Waals surface area (Å²) in [4.78, 5) is 0. The minimum absolute atomic E-state index is 0.303. The molecule has 0 saturated heterocycles. The molecule has 0 aliphatic heterocycles. The van der Waals surface area contributed by atoms with Gasteiger partial charge in [0.15, 0.2) is 5.58 Å². The van der Waals surface area contributed by atoms with Crippen molar-refractivity contribution in [3.8, 4) is 0 Å². The fourth-order valence-electron chi connectivity index (χ4n) is 2.90. The molecule has 1 aliphatic carbocycles. The lowest BCUT2D eigenvalue weighted by molar-refractivity contribution is 0.256. The van der Waals surface area contributed by atoms with Crippen LogP contribution >= 0.6 is 11.6 Å². The Hall–Kier alpha value is -1.45. The minimum atomic E-state index is -0.303. The largest absolute Gasteiger partial charge is 0.464 e. The molecule has 0 amide bonds. The third-order valence-corrected chi connectivity index (χ3v) is 4.38. The Balaban J connectivity index is 2.22. The average molecular weight is 262 g/mol. The Kier molecular flexibility index (Phi) is 1.92. The van der Waals surface area contributed by atoms with E-state index in [0.29, 0.717) is 10.6 Å². The van der Waals surface area contributed by atoms with Crippen molar-refractivity contribution >= 4 is 33.5 Å². The summed E-state index contributed by atoms with van der Waals surface area (Å²) in [5, 5.41) is 2.46. The van der Waals surface area contributed by atoms with Crippen molar-refractivity contribution in [2.24, 2.45) is 5.73 Å². The number of hydrogen-bond acceptors (Lipinski definition) is 3. The zero-order valence-corrected chi connectivity index (χ0v) is 10.5. The molecule has 0 atom stereocenters. The van der Waals surface area contributed by atoms with E-state index < -0.39 is 0 Å². The van der Waals surface area contributed by atoms with Gasteiger partial charge < -0.3 is 14.6 Å². The zero-order valence-electron chi connectivity index (χ0n) is 9.70. The fraction of sp³-hybridized carbons (Fsp3) is 0.286. The van der Waals surface area contributed by atoms with Crippen LogP contribution in [-0.2, 0) is 5.54 Å². The van der Waals surface area contributed by atoms with Crippen LogP contribution in [0.2, 0.25) is 5.02 Å². The van der Waals surface area contributed by atoms with Crippen LogP contribution in [0, 0.1) is 0 Å². The van der Waals surface area contributed by atoms with Gasteiger partial charge >= 0.3 is 0 Å². The molecule has 3 nitrogen and oxygen atoms in total. The molecule has 1 fully saturated rings. The number of benzene rings is 1. The monoisotopic (exact) mass is 261 g/mol. The van der Waals surface area contributed by atoms with Crippen LogP contribution in [0.4, 0.5) is 0 Å². The highest BCUT2D eigenvalue weighted by molar-refractivity contribution is 6.40. The molecule has 2 aromatic heterocycles. The van der Waals surface area contributed by atoms with E-state index in [2.05, 4.69) is 0 Å². The smallest absolute Gasteiger partial charge is 0.153 e. The third kappa shape index (κ3) is 1.13. The van der Waals surface area contributed by atoms with Crippen LogP contribution in [0.25, 0.3) is 21.9 Å². The topological polar surface area (TPSA) is 52.3 Å². The average Bonchev–Trinajstić information content (AvgIpc) is 2.94. The molecule has 1 aromatic carbocycles. The summed E-state index contributed by atoms with van der Waals surface area (Å²) in [7, 11) is 0. The highest BCUT2D eigenvalue weighted by atomic mass is 35.5. The lowest BCUT2D eigenvalue weighted by Gasteiger charge is -2.38. The van der Waals surface area contributed by atoms with Gasteiger partial charge in [0.2, 0.25) is 0 Å². The van der Waals surface area contributed by atoms with Crippen molar-refractivity contribution < 1.29 is 8.83 Å². The fourth-order valence-corrected chi connectivity index (χ4v) is 3.19. The number of halogens is 1. The molecular formula is C14H12ClNO2. The van der Waals surface area contributed by atoms with Gasteiger partial charge in [0.1, 0.15) is 5.58 Å². The van der Waals surface area contributed by atoms with Crippen LogP contribution in [0.5, 0.6) is 0 Å². The summed E-state index contributed by atoms with van der Waals surface area (Å²) in [6.07, 6.45) is 6.41. The normalized spacial score (nSPS) is 18.3. The summed E-state index contributed by atoms with van der Waals surface area (Å²) >= 11 is 6.35. The first-order valence-electron chi connectivity index (χ1n) is 6.06. The maximum Gasteiger partial charge on any atom is 0.153 e. The molecule has 4 heteroatoms. The van der Waals surface area contributed by atoms with E-state index in [9.17, 15) is 0 Å². The first kappa shape index (κ1) is 10.5. The van der Waals surface area contributed by atoms with Crippen LogP contribution in [0.3, 0.4) is 0 Å². The van der Waals surface area contributed by atoms with Crippen LogP contribution < -0.4 is 5.73 Å². The maximum atomic E-state index is 6.48. The summed E-state index contributed by atoms with van der Waals surface area (Å²) in [5.41, 5.74) is 8.73. The van der Waals surface area contributed by atoms with Gasteiger partial charge in [0.05, 0.1) is 17.5 Å². The van der Waals surface area contributed by atoms with Crippen molar-refractivity contribution in [3.63, 3.8) is 0 Å². The van der Waals surface area contributed by atoms with Crippen LogP contribution in [-0.4, -0.2) is 0 Å². The lowest BCUT2D eigenvalue weighted by Crippen LogP contribution is -2.43. The lowest BCUT2D eigenvalue weighted by atomic mass is 9.71. The number of furan rings is 2. The van der Waals surface area contributed by atoms with E-state index in [1.165, 1.54) is 0 Å². The predicted molar refractivity (Wildman–Crippen MR) is 70.7 cm³/mol. The van der Waals surface area contributed by atoms with E-state index in [1.807, 2.05) is 12.1 Å². The molecule has 92 valence electrons. The Morgan fingerprint density at radius 3 is 2.39 bits per heavy atom. The van der Waals surface area contributed by atoms with E-state index in [4.69, 9.17) is 26.2 Å². The molecule has 2 heterocycles. The second kappa shape index (κ2) is 3.31. The van der Waals surface area contributed by atoms with Crippen molar-refractivity contribution in [2.45, 2.75) is 24.8 Å². The first-order valence-corrected chi connectivity index (χ1v) is 6.44. The van der Waals surface area contributed by atoms with Crippen LogP contribution in [0.1, 0.15) is 24.8 Å². The van der Waals surface area contributed by atoms with Gasteiger partial charge in [-0.2, -0.15) is 0 Å². The molecule has 3 aromatic rings. The molecular weight excluding hydrogens is 250 g/mol. The molecule has 1 saturated carbocycles. The van der Waals surface area contributed by atoms with Gasteiger partial charge in [-0.25, -0.2) is 0 Å². The minimum Gasteiger partial charge on any atom is -0.464 e. The van der Waals surface area contributed by atoms with Crippen molar-refractivity contribution in [1.82, 2.24) is 0 Å². The molecule has 0 bridgehead atoms. The van der Waals surface area contributed by atoms with Gasteiger partial charge in [-0.15, -0.1) is 0 Å². The summed E-state index contributed by atoms with van der Waals surface area (Å²) < 4.78 is 11.1. The molecule has 2 N–H and O–H groups in total. The van der Waals surface area contributed by atoms with Crippen molar-refractivity contribution in [3.05, 3.63) is 35.2 Å². The quantitative estimate of drug-likeness (QED) is 0.715. The van der Waals surface area contributed by atoms with Gasteiger partial charge in [-0.05, 0) is 31.4 Å². The van der Waals surface area contributed by atoms with E-state index in [-0.39, 0.29) is 5.54 Å². The Bertz CT molecular complexity index is 700. The molecule has 0 radical (unpaired) electrons. The highest BCUT2D eigenvalue weighted by Gasteiger charge is 2.39. The Morgan fingerprint density at radius 2 is 1.72 bits per heavy atom. The number of nitrogens with two attached hydrogens (primary N) is 1. The van der Waals surface area contributed by atoms with Crippen molar-refractivity contribution in [1.29, 1.82) is 0 Å². The predicted octanol–water partition coefficient (Wildman–Crippen LogP) is 4.17. The molecule has 0 unspecified atom stereocenters. The third-order valence-electron chi connectivity index (χ3n) is 4.01. The van der Waals surface area contributed by atoms with Crippen molar-refractivity contribution in [2.75, 3.05) is 0 Å². The molecule has 0 spiro atoms. The second-order valence-electron chi connectivity index (χ2n) is 5.03. The summed E-state index contributed by atoms with van der Waals surface area (Å²) in [5.74, 6) is 0. The molecule has 1 aliphatic rings. The number of rotatable bonds is 1. The van der Waals surface area contributed by atoms with Gasteiger partial charge in [-0.3, -0.25) is 0 Å². The number of fused-ring (bicyclic) bond motifs is 2. The highest BCUT2D eigenvalue weighted by Crippen LogP contribution is 2.47. The summed E-state index contributed by atoms with van der Waals surface area (Å²) in [6, 6.07) is 3.79. The van der Waals surface area contributed by atoms with Gasteiger partial charge in [-0.1, -0.05) is 11.6 Å². The standard InChI is InChI=1S/C14H12ClNO2/c15-11-9-3-7-17-12(9)10(14(16)4-1-5-14)8-2-6-18-13(8)11/h2-3,6-7H,1,4-5,16H2. The summed E-state index contributed by atoms with van der Waals surface area (Å²) in [6.45, 7) is 0. The zero-order chi connectivity index (χ0) is 12.3. The second-order valence-corrected chi connectivity index (χ2v) is 5.40. The van der Waals surface area contributed by atoms with E-state index >= 15 is 0 Å². The number of hydrogen-bond donors (Lipinski definition) is 1. The van der Waals surface area contributed by atoms with Gasteiger partial charge in [0.25, 0.3) is 0 Å². The van der Waals surface area contributed by atoms with Gasteiger partial charge in [0, 0.05) is 21.9 Å². The molecule has 4 rings (SSSR count). The molecule has 18 heavy (non-hydrogen) atoms. The Labute approximate surface area is 108 Å². The maximum absolute atomic E-state index is 6.48. The SMILES string of the molecule is NC1(c2c3ccoc3c(Cl)c3ccoc23)CCC1.